The fourth-order valence-corrected chi connectivity index (χ4v) is 2.32. The predicted molar refractivity (Wildman–Crippen MR) is 59.8 cm³/mol. The van der Waals surface area contributed by atoms with E-state index in [2.05, 4.69) is 5.32 Å². The Balaban J connectivity index is 1.69. The molecule has 3 rings (SSSR count). The predicted octanol–water partition coefficient (Wildman–Crippen LogP) is 0.392. The second-order valence-corrected chi connectivity index (χ2v) is 4.23. The quantitative estimate of drug-likeness (QED) is 0.592. The highest BCUT2D eigenvalue weighted by molar-refractivity contribution is 5.98. The summed E-state index contributed by atoms with van der Waals surface area (Å²) in [5, 5.41) is 2.78. The van der Waals surface area contributed by atoms with E-state index in [-0.39, 0.29) is 23.9 Å². The van der Waals surface area contributed by atoms with Crippen molar-refractivity contribution in [1.82, 2.24) is 10.2 Å². The molecule has 0 saturated carbocycles. The minimum absolute atomic E-state index is 0.0488. The maximum absolute atomic E-state index is 11.9. The number of fused-ring (bicyclic) bond motifs is 1. The summed E-state index contributed by atoms with van der Waals surface area (Å²) >= 11 is 0. The van der Waals surface area contributed by atoms with Crippen molar-refractivity contribution in [3.63, 3.8) is 0 Å². The smallest absolute Gasteiger partial charge is 0.247 e. The van der Waals surface area contributed by atoms with Gasteiger partial charge in [0.15, 0.2) is 0 Å². The highest BCUT2D eigenvalue weighted by atomic mass is 16.3. The Hall–Kier alpha value is -2.04. The molecule has 1 aromatic heterocycles. The summed E-state index contributed by atoms with van der Waals surface area (Å²) in [5.41, 5.74) is 0. The number of β-lactam (4-membered cyclic amide) rings is 1. The lowest BCUT2D eigenvalue weighted by Crippen LogP contribution is -2.64. The molecule has 3 heterocycles. The van der Waals surface area contributed by atoms with Gasteiger partial charge in [-0.3, -0.25) is 9.59 Å². The number of nitrogens with one attached hydrogen (secondary N) is 1. The van der Waals surface area contributed by atoms with Crippen LogP contribution in [-0.2, 0) is 9.59 Å². The molecule has 2 atom stereocenters. The maximum atomic E-state index is 11.9. The van der Waals surface area contributed by atoms with Gasteiger partial charge in [0.05, 0.1) is 12.3 Å². The lowest BCUT2D eigenvalue weighted by molar-refractivity contribution is -0.141. The summed E-state index contributed by atoms with van der Waals surface area (Å²) < 4.78 is 5.09. The summed E-state index contributed by atoms with van der Waals surface area (Å²) in [6.45, 7) is 0.634. The zero-order chi connectivity index (χ0) is 11.8. The molecule has 2 fully saturated rings. The second kappa shape index (κ2) is 3.76. The zero-order valence-electron chi connectivity index (χ0n) is 9.13. The molecular formula is C12H12N2O3. The van der Waals surface area contributed by atoms with Gasteiger partial charge in [-0.05, 0) is 24.6 Å². The number of rotatable bonds is 2. The molecule has 2 saturated heterocycles. The Morgan fingerprint density at radius 2 is 2.47 bits per heavy atom. The third-order valence-corrected chi connectivity index (χ3v) is 3.21. The highest BCUT2D eigenvalue weighted by Gasteiger charge is 2.49. The van der Waals surface area contributed by atoms with Crippen LogP contribution in [0.2, 0.25) is 0 Å². The Morgan fingerprint density at radius 3 is 3.18 bits per heavy atom. The van der Waals surface area contributed by atoms with Crippen LogP contribution in [0.25, 0.3) is 6.08 Å². The largest absolute Gasteiger partial charge is 0.465 e. The van der Waals surface area contributed by atoms with Gasteiger partial charge in [-0.2, -0.15) is 0 Å². The van der Waals surface area contributed by atoms with Crippen molar-refractivity contribution in [2.45, 2.75) is 18.5 Å². The fraction of sp³-hybridized carbons (Fsp3) is 0.333. The molecule has 0 spiro atoms. The highest BCUT2D eigenvalue weighted by Crippen LogP contribution is 2.25. The molecule has 5 nitrogen and oxygen atoms in total. The van der Waals surface area contributed by atoms with Gasteiger partial charge in [-0.1, -0.05) is 0 Å². The number of hydrogen-bond acceptors (Lipinski definition) is 3. The van der Waals surface area contributed by atoms with Gasteiger partial charge in [0.25, 0.3) is 0 Å². The second-order valence-electron chi connectivity index (χ2n) is 4.23. The van der Waals surface area contributed by atoms with Gasteiger partial charge >= 0.3 is 0 Å². The van der Waals surface area contributed by atoms with E-state index in [4.69, 9.17) is 4.42 Å². The van der Waals surface area contributed by atoms with Crippen LogP contribution in [0.5, 0.6) is 0 Å². The lowest BCUT2D eigenvalue weighted by Gasteiger charge is -2.35. The number of hydrogen-bond donors (Lipinski definition) is 1. The average Bonchev–Trinajstić information content (AvgIpc) is 2.91. The van der Waals surface area contributed by atoms with Crippen molar-refractivity contribution in [1.29, 1.82) is 0 Å². The monoisotopic (exact) mass is 232 g/mol. The number of likely N-dealkylation sites (tertiary alicyclic amines) is 1. The normalized spacial score (nSPS) is 26.8. The van der Waals surface area contributed by atoms with Crippen LogP contribution >= 0.6 is 0 Å². The van der Waals surface area contributed by atoms with E-state index in [0.717, 1.165) is 6.42 Å². The number of carbonyl (C=O) groups is 2. The van der Waals surface area contributed by atoms with Gasteiger partial charge in [-0.15, -0.1) is 0 Å². The molecule has 0 bridgehead atoms. The van der Waals surface area contributed by atoms with Crippen LogP contribution in [0.3, 0.4) is 0 Å². The molecule has 1 N–H and O–H groups in total. The van der Waals surface area contributed by atoms with Crippen molar-refractivity contribution in [3.05, 3.63) is 30.2 Å². The molecule has 0 aliphatic carbocycles. The van der Waals surface area contributed by atoms with Crippen molar-refractivity contribution in [3.8, 4) is 0 Å². The van der Waals surface area contributed by atoms with Crippen LogP contribution in [0, 0.1) is 0 Å². The maximum Gasteiger partial charge on any atom is 0.247 e. The van der Waals surface area contributed by atoms with E-state index in [1.165, 1.54) is 6.08 Å². The SMILES string of the molecule is O=C1N[C@@H]2CCN(C(=O)C=Cc3ccco3)[C@H]12. The molecule has 88 valence electrons. The van der Waals surface area contributed by atoms with Crippen molar-refractivity contribution < 1.29 is 14.0 Å². The van der Waals surface area contributed by atoms with Gasteiger partial charge in [0.2, 0.25) is 11.8 Å². The first-order valence-electron chi connectivity index (χ1n) is 5.58. The molecule has 2 aliphatic heterocycles. The first kappa shape index (κ1) is 10.1. The molecule has 0 radical (unpaired) electrons. The van der Waals surface area contributed by atoms with Gasteiger partial charge in [-0.25, -0.2) is 0 Å². The van der Waals surface area contributed by atoms with Crippen molar-refractivity contribution in [2.24, 2.45) is 0 Å². The van der Waals surface area contributed by atoms with Gasteiger partial charge in [0.1, 0.15) is 11.8 Å². The van der Waals surface area contributed by atoms with Crippen LogP contribution in [0.15, 0.2) is 28.9 Å². The summed E-state index contributed by atoms with van der Waals surface area (Å²) in [4.78, 5) is 24.8. The third kappa shape index (κ3) is 1.63. The summed E-state index contributed by atoms with van der Waals surface area (Å²) in [6, 6.07) is 3.43. The Kier molecular flexibility index (Phi) is 2.24. The van der Waals surface area contributed by atoms with Gasteiger partial charge < -0.3 is 14.6 Å². The molecule has 5 heteroatoms. The summed E-state index contributed by atoms with van der Waals surface area (Å²) in [7, 11) is 0. The zero-order valence-corrected chi connectivity index (χ0v) is 9.13. The van der Waals surface area contributed by atoms with Crippen LogP contribution < -0.4 is 5.32 Å². The number of nitrogens with zero attached hydrogens (tertiary/aromatic N) is 1. The minimum atomic E-state index is -0.260. The van der Waals surface area contributed by atoms with Crippen molar-refractivity contribution in [2.75, 3.05) is 6.54 Å². The number of furan rings is 1. The molecule has 2 amide bonds. The number of amides is 2. The molecule has 2 aliphatic rings. The van der Waals surface area contributed by atoms with E-state index < -0.39 is 0 Å². The summed E-state index contributed by atoms with van der Waals surface area (Å²) in [5.74, 6) is 0.447. The molecule has 0 unspecified atom stereocenters. The fourth-order valence-electron chi connectivity index (χ4n) is 2.32. The summed E-state index contributed by atoms with van der Waals surface area (Å²) in [6.07, 6.45) is 5.46. The Labute approximate surface area is 98.1 Å². The molecule has 17 heavy (non-hydrogen) atoms. The first-order chi connectivity index (χ1) is 8.25. The lowest BCUT2D eigenvalue weighted by atomic mass is 10.0. The standard InChI is InChI=1S/C12H12N2O3/c15-10(4-3-8-2-1-7-17-8)14-6-5-9-11(14)12(16)13-9/h1-4,7,9,11H,5-6H2,(H,13,16)/t9-,11+/m1/s1. The van der Waals surface area contributed by atoms with E-state index in [9.17, 15) is 9.59 Å². The molecule has 0 aromatic carbocycles. The third-order valence-electron chi connectivity index (χ3n) is 3.21. The van der Waals surface area contributed by atoms with E-state index in [1.807, 2.05) is 0 Å². The van der Waals surface area contributed by atoms with Gasteiger partial charge in [0, 0.05) is 12.6 Å². The van der Waals surface area contributed by atoms with Crippen molar-refractivity contribution >= 4 is 17.9 Å². The first-order valence-corrected chi connectivity index (χ1v) is 5.58. The Morgan fingerprint density at radius 1 is 1.59 bits per heavy atom. The van der Waals surface area contributed by atoms with E-state index in [0.29, 0.717) is 12.3 Å². The molecular weight excluding hydrogens is 220 g/mol. The van der Waals surface area contributed by atoms with Crippen LogP contribution in [-0.4, -0.2) is 35.3 Å². The average molecular weight is 232 g/mol. The minimum Gasteiger partial charge on any atom is -0.465 e. The van der Waals surface area contributed by atoms with E-state index >= 15 is 0 Å². The number of carbonyl (C=O) groups excluding carboxylic acids is 2. The molecule has 1 aromatic rings. The van der Waals surface area contributed by atoms with Crippen LogP contribution in [0.1, 0.15) is 12.2 Å². The van der Waals surface area contributed by atoms with E-state index in [1.54, 1.807) is 29.4 Å². The topological polar surface area (TPSA) is 62.6 Å². The van der Waals surface area contributed by atoms with Crippen LogP contribution in [0.4, 0.5) is 0 Å². The Bertz CT molecular complexity index is 478.